The standard InChI is InChI=1S/C19H20ClN3O2/c1-2-24-17-9-3-14(4-10-17)13-21-12-11-18-22-19(23-25-18)15-5-7-16(20)8-6-15/h3-10,21H,2,11-13H2,1H3. The summed E-state index contributed by atoms with van der Waals surface area (Å²) in [6.45, 7) is 4.20. The van der Waals surface area contributed by atoms with Crippen molar-refractivity contribution in [1.29, 1.82) is 0 Å². The minimum absolute atomic E-state index is 0.582. The lowest BCUT2D eigenvalue weighted by atomic mass is 10.2. The van der Waals surface area contributed by atoms with Crippen LogP contribution in [0, 0.1) is 0 Å². The quantitative estimate of drug-likeness (QED) is 0.614. The third-order valence-corrected chi connectivity index (χ3v) is 3.90. The SMILES string of the molecule is CCOc1ccc(CNCCc2nc(-c3ccc(Cl)cc3)no2)cc1. The monoisotopic (exact) mass is 357 g/mol. The number of hydrogen-bond donors (Lipinski definition) is 1. The molecule has 0 saturated heterocycles. The van der Waals surface area contributed by atoms with E-state index in [1.165, 1.54) is 5.56 Å². The highest BCUT2D eigenvalue weighted by atomic mass is 35.5. The van der Waals surface area contributed by atoms with E-state index in [-0.39, 0.29) is 0 Å². The maximum absolute atomic E-state index is 5.88. The minimum Gasteiger partial charge on any atom is -0.494 e. The van der Waals surface area contributed by atoms with Crippen molar-refractivity contribution in [1.82, 2.24) is 15.5 Å². The smallest absolute Gasteiger partial charge is 0.228 e. The van der Waals surface area contributed by atoms with Crippen molar-refractivity contribution in [3.05, 3.63) is 65.0 Å². The third-order valence-electron chi connectivity index (χ3n) is 3.65. The van der Waals surface area contributed by atoms with E-state index in [1.807, 2.05) is 43.3 Å². The van der Waals surface area contributed by atoms with Gasteiger partial charge in [0, 0.05) is 30.1 Å². The summed E-state index contributed by atoms with van der Waals surface area (Å²) in [4.78, 5) is 4.41. The van der Waals surface area contributed by atoms with Gasteiger partial charge in [-0.25, -0.2) is 0 Å². The van der Waals surface area contributed by atoms with Crippen molar-refractivity contribution < 1.29 is 9.26 Å². The van der Waals surface area contributed by atoms with Crippen molar-refractivity contribution in [2.45, 2.75) is 19.9 Å². The molecular weight excluding hydrogens is 338 g/mol. The van der Waals surface area contributed by atoms with Crippen LogP contribution in [-0.2, 0) is 13.0 Å². The number of benzene rings is 2. The van der Waals surface area contributed by atoms with Crippen molar-refractivity contribution in [3.63, 3.8) is 0 Å². The molecule has 1 N–H and O–H groups in total. The Kier molecular flexibility index (Phi) is 6.04. The average Bonchev–Trinajstić information content (AvgIpc) is 3.10. The molecule has 25 heavy (non-hydrogen) atoms. The predicted octanol–water partition coefficient (Wildman–Crippen LogP) is 4.12. The molecule has 3 aromatic rings. The van der Waals surface area contributed by atoms with Crippen LogP contribution in [-0.4, -0.2) is 23.3 Å². The molecule has 130 valence electrons. The van der Waals surface area contributed by atoms with E-state index < -0.39 is 0 Å². The van der Waals surface area contributed by atoms with Gasteiger partial charge in [0.15, 0.2) is 0 Å². The highest BCUT2D eigenvalue weighted by Gasteiger charge is 2.08. The molecule has 5 nitrogen and oxygen atoms in total. The fourth-order valence-corrected chi connectivity index (χ4v) is 2.50. The number of hydrogen-bond acceptors (Lipinski definition) is 5. The Morgan fingerprint density at radius 2 is 1.84 bits per heavy atom. The van der Waals surface area contributed by atoms with Crippen LogP contribution in [0.3, 0.4) is 0 Å². The first-order valence-corrected chi connectivity index (χ1v) is 8.63. The van der Waals surface area contributed by atoms with Crippen LogP contribution in [0.25, 0.3) is 11.4 Å². The zero-order chi connectivity index (χ0) is 17.5. The van der Waals surface area contributed by atoms with Crippen molar-refractivity contribution in [3.8, 4) is 17.1 Å². The summed E-state index contributed by atoms with van der Waals surface area (Å²) in [5.41, 5.74) is 2.09. The molecule has 1 heterocycles. The van der Waals surface area contributed by atoms with Crippen LogP contribution in [0.4, 0.5) is 0 Å². The second kappa shape index (κ2) is 8.65. The molecule has 0 aliphatic carbocycles. The Morgan fingerprint density at radius 1 is 1.08 bits per heavy atom. The maximum atomic E-state index is 5.88. The Balaban J connectivity index is 1.45. The molecule has 0 fully saturated rings. The van der Waals surface area contributed by atoms with Gasteiger partial charge in [0.1, 0.15) is 5.75 Å². The first-order chi connectivity index (χ1) is 12.2. The van der Waals surface area contributed by atoms with E-state index in [0.717, 1.165) is 24.4 Å². The largest absolute Gasteiger partial charge is 0.494 e. The minimum atomic E-state index is 0.582. The molecule has 1 aromatic heterocycles. The predicted molar refractivity (Wildman–Crippen MR) is 97.8 cm³/mol. The summed E-state index contributed by atoms with van der Waals surface area (Å²) < 4.78 is 10.7. The van der Waals surface area contributed by atoms with E-state index in [0.29, 0.717) is 29.8 Å². The Bertz CT molecular complexity index is 785. The highest BCUT2D eigenvalue weighted by Crippen LogP contribution is 2.18. The molecule has 0 spiro atoms. The lowest BCUT2D eigenvalue weighted by Crippen LogP contribution is -2.16. The van der Waals surface area contributed by atoms with Gasteiger partial charge in [0.2, 0.25) is 11.7 Å². The number of ether oxygens (including phenoxy) is 1. The number of rotatable bonds is 8. The first kappa shape index (κ1) is 17.5. The lowest BCUT2D eigenvalue weighted by Gasteiger charge is -2.06. The second-order valence-electron chi connectivity index (χ2n) is 5.52. The van der Waals surface area contributed by atoms with Crippen molar-refractivity contribution in [2.24, 2.45) is 0 Å². The summed E-state index contributed by atoms with van der Waals surface area (Å²) in [5, 5.41) is 8.07. The average molecular weight is 358 g/mol. The first-order valence-electron chi connectivity index (χ1n) is 8.25. The summed E-state index contributed by atoms with van der Waals surface area (Å²) >= 11 is 5.88. The molecule has 6 heteroatoms. The van der Waals surface area contributed by atoms with Crippen LogP contribution in [0.1, 0.15) is 18.4 Å². The molecule has 0 bridgehead atoms. The van der Waals surface area contributed by atoms with Crippen molar-refractivity contribution >= 4 is 11.6 Å². The normalized spacial score (nSPS) is 10.8. The molecule has 0 unspecified atom stereocenters. The molecule has 3 rings (SSSR count). The van der Waals surface area contributed by atoms with E-state index >= 15 is 0 Å². The third kappa shape index (κ3) is 5.05. The number of aromatic nitrogens is 2. The number of nitrogens with one attached hydrogen (secondary N) is 1. The van der Waals surface area contributed by atoms with Gasteiger partial charge in [-0.3, -0.25) is 0 Å². The zero-order valence-corrected chi connectivity index (χ0v) is 14.8. The summed E-state index contributed by atoms with van der Waals surface area (Å²) in [5.74, 6) is 2.09. The van der Waals surface area contributed by atoms with Crippen LogP contribution >= 0.6 is 11.6 Å². The fourth-order valence-electron chi connectivity index (χ4n) is 2.37. The Morgan fingerprint density at radius 3 is 2.56 bits per heavy atom. The lowest BCUT2D eigenvalue weighted by molar-refractivity contribution is 0.340. The zero-order valence-electron chi connectivity index (χ0n) is 14.0. The molecular formula is C19H20ClN3O2. The molecule has 0 aliphatic heterocycles. The van der Waals surface area contributed by atoms with E-state index in [2.05, 4.69) is 27.6 Å². The van der Waals surface area contributed by atoms with Crippen molar-refractivity contribution in [2.75, 3.05) is 13.2 Å². The fraction of sp³-hybridized carbons (Fsp3) is 0.263. The van der Waals surface area contributed by atoms with Gasteiger partial charge in [-0.2, -0.15) is 4.98 Å². The molecule has 0 radical (unpaired) electrons. The summed E-state index contributed by atoms with van der Waals surface area (Å²) in [7, 11) is 0. The number of nitrogens with zero attached hydrogens (tertiary/aromatic N) is 2. The Labute approximate surface area is 152 Å². The highest BCUT2D eigenvalue weighted by molar-refractivity contribution is 6.30. The van der Waals surface area contributed by atoms with Gasteiger partial charge in [-0.1, -0.05) is 28.9 Å². The van der Waals surface area contributed by atoms with Gasteiger partial charge in [-0.15, -0.1) is 0 Å². The van der Waals surface area contributed by atoms with Gasteiger partial charge in [0.05, 0.1) is 6.61 Å². The van der Waals surface area contributed by atoms with Crippen LogP contribution < -0.4 is 10.1 Å². The molecule has 0 aliphatic rings. The van der Waals surface area contributed by atoms with E-state index in [1.54, 1.807) is 0 Å². The van der Waals surface area contributed by atoms with Crippen LogP contribution in [0.2, 0.25) is 5.02 Å². The molecule has 0 amide bonds. The van der Waals surface area contributed by atoms with Gasteiger partial charge in [-0.05, 0) is 48.9 Å². The topological polar surface area (TPSA) is 60.2 Å². The summed E-state index contributed by atoms with van der Waals surface area (Å²) in [6, 6.07) is 15.5. The van der Waals surface area contributed by atoms with E-state index in [4.69, 9.17) is 20.9 Å². The number of halogens is 1. The van der Waals surface area contributed by atoms with Crippen LogP contribution in [0.15, 0.2) is 53.1 Å². The summed E-state index contributed by atoms with van der Waals surface area (Å²) in [6.07, 6.45) is 0.678. The molecule has 2 aromatic carbocycles. The second-order valence-corrected chi connectivity index (χ2v) is 5.96. The maximum Gasteiger partial charge on any atom is 0.228 e. The molecule has 0 saturated carbocycles. The van der Waals surface area contributed by atoms with E-state index in [9.17, 15) is 0 Å². The Hall–Kier alpha value is -2.37. The molecule has 0 atom stereocenters. The van der Waals surface area contributed by atoms with Crippen LogP contribution in [0.5, 0.6) is 5.75 Å². The van der Waals surface area contributed by atoms with Gasteiger partial charge < -0.3 is 14.6 Å². The van der Waals surface area contributed by atoms with Gasteiger partial charge in [0.25, 0.3) is 0 Å². The van der Waals surface area contributed by atoms with Gasteiger partial charge >= 0.3 is 0 Å².